The summed E-state index contributed by atoms with van der Waals surface area (Å²) in [6.07, 6.45) is 4.76. The summed E-state index contributed by atoms with van der Waals surface area (Å²) in [6.45, 7) is 0. The van der Waals surface area contributed by atoms with Crippen molar-refractivity contribution in [1.29, 1.82) is 5.26 Å². The van der Waals surface area contributed by atoms with Crippen LogP contribution in [0.1, 0.15) is 5.56 Å². The molecule has 9 nitrogen and oxygen atoms in total. The molecule has 2 aromatic carbocycles. The summed E-state index contributed by atoms with van der Waals surface area (Å²) < 4.78 is 35.7. The van der Waals surface area contributed by atoms with Gasteiger partial charge >= 0.3 is 0 Å². The molecule has 0 atom stereocenters. The van der Waals surface area contributed by atoms with E-state index in [2.05, 4.69) is 19.8 Å². The minimum absolute atomic E-state index is 0.0557. The normalized spacial score (nSPS) is 11.1. The molecule has 178 valence electrons. The number of hydrogen-bond acceptors (Lipinski definition) is 8. The van der Waals surface area contributed by atoms with Crippen molar-refractivity contribution in [2.75, 3.05) is 4.72 Å². The number of pyridine rings is 1. The molecule has 5 rings (SSSR count). The number of ether oxygens (including phenoxy) is 1. The minimum Gasteiger partial charge on any atom is -0.454 e. The molecule has 0 fully saturated rings. The van der Waals surface area contributed by atoms with Gasteiger partial charge in [-0.3, -0.25) is 14.4 Å². The Morgan fingerprint density at radius 3 is 2.56 bits per heavy atom. The SMILES string of the molecule is Cn1nccc1-c1cc(-c2ccccc2)ncc1Oc1ccc(S(=O)(=O)Nc2nccs2)cc1C#N. The predicted molar refractivity (Wildman–Crippen MR) is 136 cm³/mol. The lowest BCUT2D eigenvalue weighted by atomic mass is 10.1. The zero-order chi connectivity index (χ0) is 25.1. The van der Waals surface area contributed by atoms with Crippen molar-refractivity contribution in [3.8, 4) is 40.1 Å². The average molecular weight is 515 g/mol. The molecule has 0 aliphatic rings. The third kappa shape index (κ3) is 4.68. The Balaban J connectivity index is 1.53. The predicted octanol–water partition coefficient (Wildman–Crippen LogP) is 5.07. The van der Waals surface area contributed by atoms with E-state index in [0.717, 1.165) is 33.9 Å². The number of nitriles is 1. The number of aryl methyl sites for hydroxylation is 1. The van der Waals surface area contributed by atoms with E-state index in [1.54, 1.807) is 22.5 Å². The van der Waals surface area contributed by atoms with Crippen LogP contribution >= 0.6 is 11.3 Å². The first-order chi connectivity index (χ1) is 17.4. The highest BCUT2D eigenvalue weighted by molar-refractivity contribution is 7.93. The largest absolute Gasteiger partial charge is 0.454 e. The molecular weight excluding hydrogens is 496 g/mol. The highest BCUT2D eigenvalue weighted by Gasteiger charge is 2.20. The molecule has 0 aliphatic heterocycles. The van der Waals surface area contributed by atoms with Gasteiger partial charge in [0.05, 0.1) is 28.0 Å². The van der Waals surface area contributed by atoms with Crippen molar-refractivity contribution < 1.29 is 13.2 Å². The molecular formula is C25H18N6O3S2. The standard InChI is InChI=1S/C25H18N6O3S2/c1-31-22(9-10-29-31)20-14-21(17-5-3-2-4-6-17)28-16-24(20)34-23-8-7-19(13-18(23)15-26)36(32,33)30-25-27-11-12-35-25/h2-14,16H,1H3,(H,27,30). The van der Waals surface area contributed by atoms with Gasteiger partial charge in [0, 0.05) is 35.9 Å². The number of rotatable bonds is 7. The molecule has 0 saturated carbocycles. The highest BCUT2D eigenvalue weighted by Crippen LogP contribution is 2.36. The number of nitrogens with one attached hydrogen (secondary N) is 1. The maximum absolute atomic E-state index is 12.7. The summed E-state index contributed by atoms with van der Waals surface area (Å²) in [4.78, 5) is 8.41. The van der Waals surface area contributed by atoms with Crippen LogP contribution in [0.15, 0.2) is 89.5 Å². The average Bonchev–Trinajstić information content (AvgIpc) is 3.56. The number of nitrogens with zero attached hydrogens (tertiary/aromatic N) is 5. The van der Waals surface area contributed by atoms with Gasteiger partial charge in [0.25, 0.3) is 10.0 Å². The third-order valence-corrected chi connectivity index (χ3v) is 7.44. The minimum atomic E-state index is -3.92. The Kier molecular flexibility index (Phi) is 6.20. The number of thiazole rings is 1. The first-order valence-electron chi connectivity index (χ1n) is 10.6. The molecule has 0 radical (unpaired) electrons. The lowest BCUT2D eigenvalue weighted by Crippen LogP contribution is -2.13. The second-order valence-corrected chi connectivity index (χ2v) is 10.2. The van der Waals surface area contributed by atoms with Gasteiger partial charge in [-0.1, -0.05) is 30.3 Å². The zero-order valence-electron chi connectivity index (χ0n) is 18.9. The van der Waals surface area contributed by atoms with Crippen molar-refractivity contribution >= 4 is 26.5 Å². The van der Waals surface area contributed by atoms with Crippen LogP contribution < -0.4 is 9.46 Å². The van der Waals surface area contributed by atoms with Crippen molar-refractivity contribution in [3.05, 3.63) is 90.2 Å². The van der Waals surface area contributed by atoms with Gasteiger partial charge in [0.2, 0.25) is 0 Å². The molecule has 36 heavy (non-hydrogen) atoms. The monoisotopic (exact) mass is 514 g/mol. The summed E-state index contributed by atoms with van der Waals surface area (Å²) >= 11 is 1.16. The van der Waals surface area contributed by atoms with Crippen LogP contribution in [0, 0.1) is 11.3 Å². The Morgan fingerprint density at radius 1 is 1.03 bits per heavy atom. The fraction of sp³-hybridized carbons (Fsp3) is 0.0400. The second-order valence-electron chi connectivity index (χ2n) is 7.59. The van der Waals surface area contributed by atoms with Crippen molar-refractivity contribution in [2.24, 2.45) is 7.05 Å². The molecule has 5 aromatic rings. The Morgan fingerprint density at radius 2 is 1.86 bits per heavy atom. The fourth-order valence-electron chi connectivity index (χ4n) is 3.55. The number of sulfonamides is 1. The van der Waals surface area contributed by atoms with Gasteiger partial charge in [0.1, 0.15) is 11.8 Å². The van der Waals surface area contributed by atoms with Crippen molar-refractivity contribution in [1.82, 2.24) is 19.7 Å². The second kappa shape index (κ2) is 9.61. The van der Waals surface area contributed by atoms with Gasteiger partial charge in [0.15, 0.2) is 10.9 Å². The number of benzene rings is 2. The first kappa shape index (κ1) is 23.2. The molecule has 0 unspecified atom stereocenters. The number of anilines is 1. The smallest absolute Gasteiger partial charge is 0.263 e. The molecule has 0 amide bonds. The molecule has 0 saturated heterocycles. The number of aromatic nitrogens is 4. The van der Waals surface area contributed by atoms with Crippen LogP contribution in [0.3, 0.4) is 0 Å². The van der Waals surface area contributed by atoms with Gasteiger partial charge in [-0.15, -0.1) is 11.3 Å². The van der Waals surface area contributed by atoms with Crippen molar-refractivity contribution in [3.63, 3.8) is 0 Å². The van der Waals surface area contributed by atoms with E-state index in [9.17, 15) is 13.7 Å². The van der Waals surface area contributed by atoms with Crippen LogP contribution in [0.4, 0.5) is 5.13 Å². The maximum Gasteiger partial charge on any atom is 0.263 e. The van der Waals surface area contributed by atoms with E-state index in [0.29, 0.717) is 5.75 Å². The van der Waals surface area contributed by atoms with Crippen molar-refractivity contribution in [2.45, 2.75) is 4.90 Å². The molecule has 0 bridgehead atoms. The van der Waals surface area contributed by atoms with E-state index < -0.39 is 10.0 Å². The van der Waals surface area contributed by atoms with E-state index >= 15 is 0 Å². The Hall–Kier alpha value is -4.53. The van der Waals surface area contributed by atoms with E-state index in [1.165, 1.54) is 24.4 Å². The van der Waals surface area contributed by atoms with E-state index in [-0.39, 0.29) is 21.3 Å². The summed E-state index contributed by atoms with van der Waals surface area (Å²) in [5.41, 5.74) is 3.24. The summed E-state index contributed by atoms with van der Waals surface area (Å²) in [5, 5.41) is 15.9. The molecule has 0 aliphatic carbocycles. The maximum atomic E-state index is 12.7. The van der Waals surface area contributed by atoms with Gasteiger partial charge < -0.3 is 4.74 Å². The van der Waals surface area contributed by atoms with E-state index in [4.69, 9.17) is 4.74 Å². The topological polar surface area (TPSA) is 123 Å². The third-order valence-electron chi connectivity index (χ3n) is 5.29. The van der Waals surface area contributed by atoms with Gasteiger partial charge in [-0.2, -0.15) is 10.4 Å². The summed E-state index contributed by atoms with van der Waals surface area (Å²) in [6, 6.07) is 19.6. The summed E-state index contributed by atoms with van der Waals surface area (Å²) in [7, 11) is -2.11. The Labute approximate surface area is 211 Å². The van der Waals surface area contributed by atoms with Crippen LogP contribution in [-0.4, -0.2) is 28.2 Å². The first-order valence-corrected chi connectivity index (χ1v) is 13.0. The highest BCUT2D eigenvalue weighted by atomic mass is 32.2. The quantitative estimate of drug-likeness (QED) is 0.322. The summed E-state index contributed by atoms with van der Waals surface area (Å²) in [5.74, 6) is 0.592. The van der Waals surface area contributed by atoms with Crippen LogP contribution in [0.2, 0.25) is 0 Å². The molecule has 3 heterocycles. The van der Waals surface area contributed by atoms with Crippen LogP contribution in [-0.2, 0) is 17.1 Å². The van der Waals surface area contributed by atoms with Crippen LogP contribution in [0.25, 0.3) is 22.5 Å². The van der Waals surface area contributed by atoms with Crippen LogP contribution in [0.5, 0.6) is 11.5 Å². The lowest BCUT2D eigenvalue weighted by molar-refractivity contribution is 0.479. The molecule has 1 N–H and O–H groups in total. The molecule has 3 aromatic heterocycles. The van der Waals surface area contributed by atoms with E-state index in [1.807, 2.05) is 55.6 Å². The lowest BCUT2D eigenvalue weighted by Gasteiger charge is -2.14. The fourth-order valence-corrected chi connectivity index (χ4v) is 5.36. The zero-order valence-corrected chi connectivity index (χ0v) is 20.5. The van der Waals surface area contributed by atoms with Gasteiger partial charge in [-0.25, -0.2) is 13.4 Å². The number of hydrogen-bond donors (Lipinski definition) is 1. The molecule has 11 heteroatoms. The Bertz CT molecular complexity index is 1670. The molecule has 0 spiro atoms. The van der Waals surface area contributed by atoms with Gasteiger partial charge in [-0.05, 0) is 30.3 Å².